The number of benzene rings is 1. The van der Waals surface area contributed by atoms with Gasteiger partial charge in [-0.2, -0.15) is 0 Å². The molecule has 5 nitrogen and oxygen atoms in total. The van der Waals surface area contributed by atoms with Crippen LogP contribution >= 0.6 is 0 Å². The first-order chi connectivity index (χ1) is 10.3. The number of anilines is 1. The first-order valence-corrected chi connectivity index (χ1v) is 7.05. The van der Waals surface area contributed by atoms with Gasteiger partial charge in [-0.15, -0.1) is 10.2 Å². The second-order valence-electron chi connectivity index (χ2n) is 4.81. The first-order valence-electron chi connectivity index (χ1n) is 7.05. The monoisotopic (exact) mass is 282 g/mol. The van der Waals surface area contributed by atoms with Gasteiger partial charge in [-0.3, -0.25) is 0 Å². The molecular weight excluding hydrogens is 264 g/mol. The summed E-state index contributed by atoms with van der Waals surface area (Å²) in [6, 6.07) is 12.1. The summed E-state index contributed by atoms with van der Waals surface area (Å²) in [5, 5.41) is 11.4. The predicted molar refractivity (Wildman–Crippen MR) is 81.9 cm³/mol. The molecule has 108 valence electrons. The lowest BCUT2D eigenvalue weighted by Crippen LogP contribution is -2.06. The van der Waals surface area contributed by atoms with Gasteiger partial charge in [-0.1, -0.05) is 12.1 Å². The molecule has 3 aromatic rings. The van der Waals surface area contributed by atoms with Gasteiger partial charge in [-0.05, 0) is 31.2 Å². The molecule has 0 unspecified atom stereocenters. The molecule has 0 aliphatic carbocycles. The Kier molecular flexibility index (Phi) is 3.73. The van der Waals surface area contributed by atoms with Crippen LogP contribution < -0.4 is 5.32 Å². The van der Waals surface area contributed by atoms with Crippen LogP contribution in [0.15, 0.2) is 47.0 Å². The number of hydrogen-bond donors (Lipinski definition) is 1. The molecule has 2 heterocycles. The lowest BCUT2D eigenvalue weighted by molar-refractivity contribution is 0.533. The molecule has 0 radical (unpaired) electrons. The summed E-state index contributed by atoms with van der Waals surface area (Å²) in [5.74, 6) is 1.11. The smallest absolute Gasteiger partial charge is 0.249 e. The van der Waals surface area contributed by atoms with E-state index in [1.807, 2.05) is 24.3 Å². The average Bonchev–Trinajstić information content (AvgIpc) is 3.13. The topological polar surface area (TPSA) is 55.9 Å². The maximum Gasteiger partial charge on any atom is 0.249 e. The maximum atomic E-state index is 5.52. The quantitative estimate of drug-likeness (QED) is 0.778. The van der Waals surface area contributed by atoms with Gasteiger partial charge in [0, 0.05) is 31.0 Å². The Bertz CT molecular complexity index is 729. The molecule has 0 bridgehead atoms. The summed E-state index contributed by atoms with van der Waals surface area (Å²) < 4.78 is 7.74. The Hall–Kier alpha value is -2.56. The molecule has 2 aromatic heterocycles. The van der Waals surface area contributed by atoms with Gasteiger partial charge in [0.1, 0.15) is 0 Å². The predicted octanol–water partition coefficient (Wildman–Crippen LogP) is 3.48. The minimum absolute atomic E-state index is 0.543. The van der Waals surface area contributed by atoms with E-state index >= 15 is 0 Å². The molecule has 0 saturated heterocycles. The number of para-hydroxylation sites is 1. The van der Waals surface area contributed by atoms with Crippen molar-refractivity contribution in [3.8, 4) is 11.5 Å². The fourth-order valence-electron chi connectivity index (χ4n) is 2.33. The number of hydrogen-bond acceptors (Lipinski definition) is 4. The fraction of sp³-hybridized carbons (Fsp3) is 0.250. The second kappa shape index (κ2) is 5.83. The average molecular weight is 282 g/mol. The highest BCUT2D eigenvalue weighted by Gasteiger charge is 2.11. The van der Waals surface area contributed by atoms with E-state index in [1.165, 1.54) is 5.69 Å². The van der Waals surface area contributed by atoms with Crippen molar-refractivity contribution in [3.63, 3.8) is 0 Å². The summed E-state index contributed by atoms with van der Waals surface area (Å²) in [7, 11) is 0. The molecule has 3 rings (SSSR count). The van der Waals surface area contributed by atoms with Crippen molar-refractivity contribution in [3.05, 3.63) is 54.2 Å². The minimum Gasteiger partial charge on any atom is -0.421 e. The number of nitrogens with zero attached hydrogens (tertiary/aromatic N) is 3. The third-order valence-corrected chi connectivity index (χ3v) is 3.41. The van der Waals surface area contributed by atoms with Crippen LogP contribution in [0.1, 0.15) is 18.5 Å². The summed E-state index contributed by atoms with van der Waals surface area (Å²) in [6.07, 6.45) is 2.09. The van der Waals surface area contributed by atoms with Gasteiger partial charge in [0.15, 0.2) is 0 Å². The van der Waals surface area contributed by atoms with E-state index in [-0.39, 0.29) is 0 Å². The van der Waals surface area contributed by atoms with Crippen molar-refractivity contribution in [2.24, 2.45) is 0 Å². The minimum atomic E-state index is 0.543. The molecule has 0 amide bonds. The van der Waals surface area contributed by atoms with Crippen LogP contribution in [0, 0.1) is 6.92 Å². The van der Waals surface area contributed by atoms with Crippen molar-refractivity contribution in [1.82, 2.24) is 14.8 Å². The molecule has 0 fully saturated rings. The van der Waals surface area contributed by atoms with E-state index in [9.17, 15) is 0 Å². The van der Waals surface area contributed by atoms with Crippen molar-refractivity contribution in [2.75, 3.05) is 5.32 Å². The number of aryl methyl sites for hydroxylation is 2. The Balaban J connectivity index is 1.83. The third-order valence-electron chi connectivity index (χ3n) is 3.41. The van der Waals surface area contributed by atoms with Crippen molar-refractivity contribution in [1.29, 1.82) is 0 Å². The van der Waals surface area contributed by atoms with Crippen LogP contribution in [0.4, 0.5) is 5.69 Å². The molecule has 0 aliphatic rings. The SMILES string of the molecule is CCn1cccc1CNc1ccccc1-c1nnc(C)o1. The Labute approximate surface area is 123 Å². The van der Waals surface area contributed by atoms with Crippen molar-refractivity contribution < 1.29 is 4.42 Å². The zero-order chi connectivity index (χ0) is 14.7. The van der Waals surface area contributed by atoms with Crippen molar-refractivity contribution in [2.45, 2.75) is 26.9 Å². The van der Waals surface area contributed by atoms with E-state index < -0.39 is 0 Å². The van der Waals surface area contributed by atoms with E-state index in [0.29, 0.717) is 11.8 Å². The number of aromatic nitrogens is 3. The van der Waals surface area contributed by atoms with Crippen LogP contribution in [0.5, 0.6) is 0 Å². The molecule has 0 spiro atoms. The van der Waals surface area contributed by atoms with Crippen LogP contribution in [0.3, 0.4) is 0 Å². The van der Waals surface area contributed by atoms with E-state index in [4.69, 9.17) is 4.42 Å². The zero-order valence-electron chi connectivity index (χ0n) is 12.2. The normalized spacial score (nSPS) is 10.8. The highest BCUT2D eigenvalue weighted by Crippen LogP contribution is 2.27. The van der Waals surface area contributed by atoms with E-state index in [0.717, 1.165) is 24.3 Å². The summed E-state index contributed by atoms with van der Waals surface area (Å²) in [5.41, 5.74) is 3.16. The van der Waals surface area contributed by atoms with Gasteiger partial charge in [0.05, 0.1) is 12.1 Å². The molecule has 5 heteroatoms. The van der Waals surface area contributed by atoms with Crippen LogP contribution in [0.2, 0.25) is 0 Å². The lowest BCUT2D eigenvalue weighted by Gasteiger charge is -2.11. The van der Waals surface area contributed by atoms with Gasteiger partial charge >= 0.3 is 0 Å². The molecule has 1 aromatic carbocycles. The summed E-state index contributed by atoms with van der Waals surface area (Å²) >= 11 is 0. The van der Waals surface area contributed by atoms with E-state index in [2.05, 4.69) is 45.3 Å². The highest BCUT2D eigenvalue weighted by molar-refractivity contribution is 5.72. The third kappa shape index (κ3) is 2.81. The van der Waals surface area contributed by atoms with Crippen molar-refractivity contribution >= 4 is 5.69 Å². The lowest BCUT2D eigenvalue weighted by atomic mass is 10.1. The molecule has 0 saturated carbocycles. The fourth-order valence-corrected chi connectivity index (χ4v) is 2.33. The Morgan fingerprint density at radius 1 is 1.14 bits per heavy atom. The Morgan fingerprint density at radius 3 is 2.76 bits per heavy atom. The summed E-state index contributed by atoms with van der Waals surface area (Å²) in [4.78, 5) is 0. The number of rotatable bonds is 5. The molecule has 0 aliphatic heterocycles. The maximum absolute atomic E-state index is 5.52. The Morgan fingerprint density at radius 2 is 2.00 bits per heavy atom. The molecule has 0 atom stereocenters. The molecular formula is C16H18N4O. The van der Waals surface area contributed by atoms with Crippen LogP contribution in [0.25, 0.3) is 11.5 Å². The zero-order valence-corrected chi connectivity index (χ0v) is 12.2. The van der Waals surface area contributed by atoms with E-state index in [1.54, 1.807) is 6.92 Å². The number of nitrogens with one attached hydrogen (secondary N) is 1. The first kappa shape index (κ1) is 13.4. The standard InChI is InChI=1S/C16H18N4O/c1-3-20-10-6-7-13(20)11-17-15-9-5-4-8-14(15)16-19-18-12(2)21-16/h4-10,17H,3,11H2,1-2H3. The second-order valence-corrected chi connectivity index (χ2v) is 4.81. The van der Waals surface area contributed by atoms with Crippen LogP contribution in [-0.2, 0) is 13.1 Å². The van der Waals surface area contributed by atoms with Gasteiger partial charge in [-0.25, -0.2) is 0 Å². The molecule has 21 heavy (non-hydrogen) atoms. The van der Waals surface area contributed by atoms with Gasteiger partial charge < -0.3 is 14.3 Å². The highest BCUT2D eigenvalue weighted by atomic mass is 16.4. The largest absolute Gasteiger partial charge is 0.421 e. The van der Waals surface area contributed by atoms with Gasteiger partial charge in [0.25, 0.3) is 0 Å². The summed E-state index contributed by atoms with van der Waals surface area (Å²) in [6.45, 7) is 5.65. The van der Waals surface area contributed by atoms with Crippen LogP contribution in [-0.4, -0.2) is 14.8 Å². The molecule has 1 N–H and O–H groups in total. The van der Waals surface area contributed by atoms with Gasteiger partial charge in [0.2, 0.25) is 11.8 Å².